The third-order valence-electron chi connectivity index (χ3n) is 3.62. The molecule has 0 radical (unpaired) electrons. The molecule has 24 heavy (non-hydrogen) atoms. The van der Waals surface area contributed by atoms with Gasteiger partial charge in [-0.1, -0.05) is 35.3 Å². The largest absolute Gasteiger partial charge is 0.493 e. The van der Waals surface area contributed by atoms with Crippen molar-refractivity contribution in [1.29, 1.82) is 0 Å². The van der Waals surface area contributed by atoms with Gasteiger partial charge in [-0.25, -0.2) is 0 Å². The van der Waals surface area contributed by atoms with E-state index in [9.17, 15) is 4.79 Å². The van der Waals surface area contributed by atoms with Crippen molar-refractivity contribution in [2.24, 2.45) is 0 Å². The molecule has 0 saturated carbocycles. The van der Waals surface area contributed by atoms with E-state index in [1.807, 2.05) is 19.1 Å². The van der Waals surface area contributed by atoms with Gasteiger partial charge in [-0.05, 0) is 42.3 Å². The molecule has 6 heteroatoms. The summed E-state index contributed by atoms with van der Waals surface area (Å²) < 4.78 is 10.4. The monoisotopic (exact) mass is 367 g/mol. The van der Waals surface area contributed by atoms with E-state index in [0.717, 1.165) is 11.1 Å². The van der Waals surface area contributed by atoms with E-state index in [0.29, 0.717) is 21.5 Å². The molecular weight excluding hydrogens is 349 g/mol. The third-order valence-corrected chi connectivity index (χ3v) is 4.18. The van der Waals surface area contributed by atoms with Crippen LogP contribution in [0.4, 0.5) is 0 Å². The number of rotatable bonds is 6. The molecular formula is C18H19Cl2NO3. The highest BCUT2D eigenvalue weighted by molar-refractivity contribution is 6.35. The van der Waals surface area contributed by atoms with Crippen LogP contribution in [0, 0.1) is 0 Å². The van der Waals surface area contributed by atoms with Gasteiger partial charge in [-0.2, -0.15) is 0 Å². The van der Waals surface area contributed by atoms with E-state index in [1.54, 1.807) is 38.5 Å². The van der Waals surface area contributed by atoms with E-state index in [1.165, 1.54) is 0 Å². The average molecular weight is 368 g/mol. The molecule has 0 heterocycles. The first-order valence-corrected chi connectivity index (χ1v) is 8.15. The molecule has 1 unspecified atom stereocenters. The summed E-state index contributed by atoms with van der Waals surface area (Å²) in [6.45, 7) is 1.88. The lowest BCUT2D eigenvalue weighted by atomic mass is 10.1. The Labute approximate surface area is 151 Å². The molecule has 0 fully saturated rings. The lowest BCUT2D eigenvalue weighted by molar-refractivity contribution is -0.121. The summed E-state index contributed by atoms with van der Waals surface area (Å²) in [7, 11) is 3.13. The van der Waals surface area contributed by atoms with Crippen LogP contribution in [0.1, 0.15) is 24.1 Å². The molecule has 128 valence electrons. The van der Waals surface area contributed by atoms with Crippen LogP contribution < -0.4 is 14.8 Å². The van der Waals surface area contributed by atoms with E-state index in [2.05, 4.69) is 5.32 Å². The van der Waals surface area contributed by atoms with Gasteiger partial charge in [0.2, 0.25) is 5.91 Å². The van der Waals surface area contributed by atoms with Crippen molar-refractivity contribution in [1.82, 2.24) is 5.32 Å². The average Bonchev–Trinajstić information content (AvgIpc) is 2.54. The molecule has 1 atom stereocenters. The number of amides is 1. The van der Waals surface area contributed by atoms with E-state index >= 15 is 0 Å². The van der Waals surface area contributed by atoms with E-state index in [4.69, 9.17) is 32.7 Å². The Morgan fingerprint density at radius 1 is 1.08 bits per heavy atom. The number of ether oxygens (including phenoxy) is 2. The topological polar surface area (TPSA) is 47.6 Å². The number of halogens is 2. The molecule has 4 nitrogen and oxygen atoms in total. The fraction of sp³-hybridized carbons (Fsp3) is 0.278. The van der Waals surface area contributed by atoms with Crippen molar-refractivity contribution >= 4 is 29.1 Å². The molecule has 0 bridgehead atoms. The molecule has 1 amide bonds. The van der Waals surface area contributed by atoms with Crippen LogP contribution >= 0.6 is 23.2 Å². The Morgan fingerprint density at radius 2 is 1.79 bits per heavy atom. The Bertz CT molecular complexity index is 734. The number of carbonyl (C=O) groups is 1. The number of nitrogens with one attached hydrogen (secondary N) is 1. The molecule has 0 saturated heterocycles. The molecule has 2 aromatic carbocycles. The second-order valence-corrected chi connectivity index (χ2v) is 6.16. The molecule has 0 spiro atoms. The van der Waals surface area contributed by atoms with Gasteiger partial charge in [0.1, 0.15) is 0 Å². The summed E-state index contributed by atoms with van der Waals surface area (Å²) in [6.07, 6.45) is 0.232. The molecule has 0 aliphatic rings. The van der Waals surface area contributed by atoms with Crippen LogP contribution in [-0.4, -0.2) is 20.1 Å². The number of methoxy groups -OCH3 is 2. The highest BCUT2D eigenvalue weighted by Crippen LogP contribution is 2.28. The Kier molecular flexibility index (Phi) is 6.35. The summed E-state index contributed by atoms with van der Waals surface area (Å²) in [5, 5.41) is 4.02. The van der Waals surface area contributed by atoms with Crippen molar-refractivity contribution in [3.8, 4) is 11.5 Å². The van der Waals surface area contributed by atoms with Gasteiger partial charge < -0.3 is 14.8 Å². The minimum Gasteiger partial charge on any atom is -0.493 e. The van der Waals surface area contributed by atoms with Gasteiger partial charge in [0.15, 0.2) is 11.5 Å². The molecule has 0 aliphatic carbocycles. The van der Waals surface area contributed by atoms with Crippen LogP contribution in [0.3, 0.4) is 0 Å². The first kappa shape index (κ1) is 18.4. The highest BCUT2D eigenvalue weighted by atomic mass is 35.5. The molecule has 1 N–H and O–H groups in total. The van der Waals surface area contributed by atoms with Crippen molar-refractivity contribution in [2.75, 3.05) is 14.2 Å². The second kappa shape index (κ2) is 8.27. The van der Waals surface area contributed by atoms with Gasteiger partial charge in [0.05, 0.1) is 26.7 Å². The molecule has 0 aliphatic heterocycles. The zero-order valence-corrected chi connectivity index (χ0v) is 15.2. The second-order valence-electron chi connectivity index (χ2n) is 5.32. The Balaban J connectivity index is 2.05. The van der Waals surface area contributed by atoms with Crippen LogP contribution in [0.2, 0.25) is 10.0 Å². The number of benzene rings is 2. The van der Waals surface area contributed by atoms with Crippen LogP contribution in [0.5, 0.6) is 11.5 Å². The van der Waals surface area contributed by atoms with Gasteiger partial charge in [0, 0.05) is 10.0 Å². The van der Waals surface area contributed by atoms with Crippen LogP contribution in [0.25, 0.3) is 0 Å². The van der Waals surface area contributed by atoms with E-state index < -0.39 is 0 Å². The lowest BCUT2D eigenvalue weighted by Gasteiger charge is -2.16. The molecule has 2 aromatic rings. The number of hydrogen-bond acceptors (Lipinski definition) is 3. The van der Waals surface area contributed by atoms with Crippen molar-refractivity contribution in [2.45, 2.75) is 19.4 Å². The van der Waals surface area contributed by atoms with Crippen molar-refractivity contribution in [3.63, 3.8) is 0 Å². The number of carbonyl (C=O) groups excluding carboxylic acids is 1. The summed E-state index contributed by atoms with van der Waals surface area (Å²) >= 11 is 12.1. The fourth-order valence-corrected chi connectivity index (χ4v) is 2.97. The third kappa shape index (κ3) is 4.56. The summed E-state index contributed by atoms with van der Waals surface area (Å²) in [4.78, 5) is 12.3. The maximum atomic E-state index is 12.3. The van der Waals surface area contributed by atoms with Gasteiger partial charge in [-0.15, -0.1) is 0 Å². The SMILES string of the molecule is COc1ccc(CC(=O)NC(C)c2ccc(Cl)cc2Cl)cc1OC. The fourth-order valence-electron chi connectivity index (χ4n) is 2.40. The zero-order valence-electron chi connectivity index (χ0n) is 13.7. The molecule has 2 rings (SSSR count). The minimum atomic E-state index is -0.220. The standard InChI is InChI=1S/C18H19Cl2NO3/c1-11(14-6-5-13(19)10-15(14)20)21-18(22)9-12-4-7-16(23-2)17(8-12)24-3/h4-8,10-11H,9H2,1-3H3,(H,21,22). The Hall–Kier alpha value is -1.91. The summed E-state index contributed by atoms with van der Waals surface area (Å²) in [6, 6.07) is 10.4. The van der Waals surface area contributed by atoms with Gasteiger partial charge in [0.25, 0.3) is 0 Å². The van der Waals surface area contributed by atoms with Crippen molar-refractivity contribution in [3.05, 3.63) is 57.6 Å². The zero-order chi connectivity index (χ0) is 17.7. The quantitative estimate of drug-likeness (QED) is 0.821. The van der Waals surface area contributed by atoms with Crippen LogP contribution in [-0.2, 0) is 11.2 Å². The van der Waals surface area contributed by atoms with E-state index in [-0.39, 0.29) is 18.4 Å². The van der Waals surface area contributed by atoms with Crippen LogP contribution in [0.15, 0.2) is 36.4 Å². The minimum absolute atomic E-state index is 0.110. The van der Waals surface area contributed by atoms with Gasteiger partial charge >= 0.3 is 0 Å². The van der Waals surface area contributed by atoms with Gasteiger partial charge in [-0.3, -0.25) is 4.79 Å². The predicted molar refractivity (Wildman–Crippen MR) is 96.3 cm³/mol. The highest BCUT2D eigenvalue weighted by Gasteiger charge is 2.14. The lowest BCUT2D eigenvalue weighted by Crippen LogP contribution is -2.28. The smallest absolute Gasteiger partial charge is 0.224 e. The summed E-state index contributed by atoms with van der Waals surface area (Å²) in [5.41, 5.74) is 1.65. The maximum absolute atomic E-state index is 12.3. The summed E-state index contributed by atoms with van der Waals surface area (Å²) in [5.74, 6) is 1.11. The first-order valence-electron chi connectivity index (χ1n) is 7.39. The maximum Gasteiger partial charge on any atom is 0.224 e. The van der Waals surface area contributed by atoms with Crippen molar-refractivity contribution < 1.29 is 14.3 Å². The predicted octanol–water partition coefficient (Wildman–Crippen LogP) is 4.43. The first-order chi connectivity index (χ1) is 11.4. The Morgan fingerprint density at radius 3 is 2.42 bits per heavy atom. The number of hydrogen-bond donors (Lipinski definition) is 1. The molecule has 0 aromatic heterocycles. The normalized spacial score (nSPS) is 11.7.